The fraction of sp³-hybridized carbons (Fsp3) is 0.909. The van der Waals surface area contributed by atoms with E-state index in [4.69, 9.17) is 5.73 Å². The molecule has 88 valence electrons. The van der Waals surface area contributed by atoms with E-state index in [2.05, 4.69) is 5.32 Å². The highest BCUT2D eigenvalue weighted by Crippen LogP contribution is 2.30. The van der Waals surface area contributed by atoms with Gasteiger partial charge in [0.15, 0.2) is 0 Å². The monoisotopic (exact) mass is 214 g/mol. The molecule has 1 aliphatic rings. The molecule has 0 spiro atoms. The molecule has 1 amide bonds. The first-order chi connectivity index (χ1) is 6.58. The summed E-state index contributed by atoms with van der Waals surface area (Å²) < 4.78 is 0. The smallest absolute Gasteiger partial charge is 0.240 e. The van der Waals surface area contributed by atoms with Gasteiger partial charge in [-0.05, 0) is 47.0 Å². The molecular formula is C11H22N2O2. The zero-order valence-electron chi connectivity index (χ0n) is 10.1. The van der Waals surface area contributed by atoms with Crippen molar-refractivity contribution in [1.29, 1.82) is 0 Å². The summed E-state index contributed by atoms with van der Waals surface area (Å²) in [5.41, 5.74) is 3.55. The summed E-state index contributed by atoms with van der Waals surface area (Å²) in [6, 6.07) is 0. The van der Waals surface area contributed by atoms with E-state index in [0.717, 1.165) is 19.3 Å². The largest absolute Gasteiger partial charge is 0.388 e. The van der Waals surface area contributed by atoms with Crippen molar-refractivity contribution in [3.8, 4) is 0 Å². The fourth-order valence-corrected chi connectivity index (χ4v) is 1.35. The maximum atomic E-state index is 11.9. The van der Waals surface area contributed by atoms with Crippen LogP contribution >= 0.6 is 0 Å². The first-order valence-corrected chi connectivity index (χ1v) is 5.42. The third kappa shape index (κ3) is 2.32. The van der Waals surface area contributed by atoms with Crippen LogP contribution in [0.2, 0.25) is 0 Å². The lowest BCUT2D eigenvalue weighted by atomic mass is 9.75. The maximum Gasteiger partial charge on any atom is 0.240 e. The number of nitrogens with one attached hydrogen (secondary N) is 1. The van der Waals surface area contributed by atoms with E-state index in [0.29, 0.717) is 0 Å². The zero-order valence-corrected chi connectivity index (χ0v) is 10.1. The molecule has 1 rings (SSSR count). The van der Waals surface area contributed by atoms with Crippen molar-refractivity contribution < 1.29 is 9.90 Å². The van der Waals surface area contributed by atoms with Crippen LogP contribution in [-0.2, 0) is 4.79 Å². The van der Waals surface area contributed by atoms with E-state index in [1.54, 1.807) is 27.7 Å². The molecule has 4 nitrogen and oxygen atoms in total. The quantitative estimate of drug-likeness (QED) is 0.641. The van der Waals surface area contributed by atoms with Crippen LogP contribution in [0.15, 0.2) is 0 Å². The van der Waals surface area contributed by atoms with Crippen LogP contribution in [0.1, 0.15) is 47.0 Å². The van der Waals surface area contributed by atoms with Crippen molar-refractivity contribution in [2.24, 2.45) is 5.73 Å². The van der Waals surface area contributed by atoms with Gasteiger partial charge in [-0.1, -0.05) is 0 Å². The number of aliphatic hydroxyl groups is 1. The van der Waals surface area contributed by atoms with Gasteiger partial charge in [-0.25, -0.2) is 0 Å². The molecule has 0 saturated heterocycles. The van der Waals surface area contributed by atoms with Crippen LogP contribution < -0.4 is 11.1 Å². The van der Waals surface area contributed by atoms with Gasteiger partial charge >= 0.3 is 0 Å². The van der Waals surface area contributed by atoms with Crippen LogP contribution in [0.5, 0.6) is 0 Å². The highest BCUT2D eigenvalue weighted by atomic mass is 16.3. The highest BCUT2D eigenvalue weighted by molar-refractivity contribution is 5.87. The number of carbonyl (C=O) groups is 1. The minimum atomic E-state index is -0.969. The second-order valence-electron chi connectivity index (χ2n) is 5.65. The molecule has 1 fully saturated rings. The van der Waals surface area contributed by atoms with E-state index in [1.165, 1.54) is 0 Å². The first kappa shape index (κ1) is 12.5. The lowest BCUT2D eigenvalue weighted by Crippen LogP contribution is -2.66. The van der Waals surface area contributed by atoms with E-state index < -0.39 is 16.7 Å². The Bertz CT molecular complexity index is 262. The van der Waals surface area contributed by atoms with Crippen molar-refractivity contribution in [3.63, 3.8) is 0 Å². The molecule has 0 aliphatic heterocycles. The Morgan fingerprint density at radius 2 is 1.80 bits per heavy atom. The summed E-state index contributed by atoms with van der Waals surface area (Å²) in [6.07, 6.45) is 2.48. The van der Waals surface area contributed by atoms with Crippen molar-refractivity contribution in [2.75, 3.05) is 0 Å². The fourth-order valence-electron chi connectivity index (χ4n) is 1.35. The van der Waals surface area contributed by atoms with E-state index in [-0.39, 0.29) is 5.91 Å². The molecule has 0 heterocycles. The number of hydrogen-bond donors (Lipinski definition) is 3. The summed E-state index contributed by atoms with van der Waals surface area (Å²) in [6.45, 7) is 6.95. The van der Waals surface area contributed by atoms with Gasteiger partial charge in [0.05, 0.1) is 16.7 Å². The predicted octanol–water partition coefficient (Wildman–Crippen LogP) is 0.533. The molecule has 0 bridgehead atoms. The molecule has 0 aromatic carbocycles. The van der Waals surface area contributed by atoms with Crippen LogP contribution in [0.25, 0.3) is 0 Å². The lowest BCUT2D eigenvalue weighted by molar-refractivity contribution is -0.134. The number of rotatable bonds is 3. The standard InChI is InChI=1S/C11H22N2O2/c1-9(2,10(3,4)15)13-8(14)11(12)6-5-7-11/h15H,5-7,12H2,1-4H3,(H,13,14). The van der Waals surface area contributed by atoms with E-state index >= 15 is 0 Å². The van der Waals surface area contributed by atoms with E-state index in [1.807, 2.05) is 0 Å². The summed E-state index contributed by atoms with van der Waals surface area (Å²) in [4.78, 5) is 11.9. The summed E-state index contributed by atoms with van der Waals surface area (Å²) in [7, 11) is 0. The maximum absolute atomic E-state index is 11.9. The molecule has 1 saturated carbocycles. The molecule has 1 aliphatic carbocycles. The average Bonchev–Trinajstić information content (AvgIpc) is 1.96. The Kier molecular flexibility index (Phi) is 2.87. The van der Waals surface area contributed by atoms with Gasteiger partial charge in [-0.2, -0.15) is 0 Å². The second-order valence-corrected chi connectivity index (χ2v) is 5.65. The van der Waals surface area contributed by atoms with Crippen molar-refractivity contribution in [1.82, 2.24) is 5.32 Å². The Labute approximate surface area is 91.2 Å². The van der Waals surface area contributed by atoms with Gasteiger partial charge in [-0.15, -0.1) is 0 Å². The Balaban J connectivity index is 2.66. The zero-order chi connectivity index (χ0) is 11.9. The van der Waals surface area contributed by atoms with Gasteiger partial charge in [0, 0.05) is 0 Å². The average molecular weight is 214 g/mol. The summed E-state index contributed by atoms with van der Waals surface area (Å²) in [5.74, 6) is -0.152. The van der Waals surface area contributed by atoms with Crippen LogP contribution in [-0.4, -0.2) is 27.7 Å². The molecule has 0 aromatic heterocycles. The van der Waals surface area contributed by atoms with E-state index in [9.17, 15) is 9.90 Å². The summed E-state index contributed by atoms with van der Waals surface area (Å²) >= 11 is 0. The van der Waals surface area contributed by atoms with Crippen molar-refractivity contribution in [3.05, 3.63) is 0 Å². The number of hydrogen-bond acceptors (Lipinski definition) is 3. The van der Waals surface area contributed by atoms with Gasteiger partial charge in [0.25, 0.3) is 0 Å². The minimum Gasteiger partial charge on any atom is -0.388 e. The van der Waals surface area contributed by atoms with Gasteiger partial charge < -0.3 is 16.2 Å². The normalized spacial score (nSPS) is 20.7. The number of amides is 1. The Morgan fingerprint density at radius 3 is 2.07 bits per heavy atom. The van der Waals surface area contributed by atoms with Crippen molar-refractivity contribution >= 4 is 5.91 Å². The third-order valence-corrected chi connectivity index (χ3v) is 3.65. The predicted molar refractivity (Wildman–Crippen MR) is 59.3 cm³/mol. The first-order valence-electron chi connectivity index (χ1n) is 5.42. The highest BCUT2D eigenvalue weighted by Gasteiger charge is 2.44. The van der Waals surface area contributed by atoms with Crippen molar-refractivity contribution in [2.45, 2.75) is 63.6 Å². The van der Waals surface area contributed by atoms with Gasteiger partial charge in [0.1, 0.15) is 0 Å². The molecule has 15 heavy (non-hydrogen) atoms. The number of nitrogens with two attached hydrogens (primary N) is 1. The Hall–Kier alpha value is -0.610. The third-order valence-electron chi connectivity index (χ3n) is 3.65. The molecule has 0 aromatic rings. The van der Waals surface area contributed by atoms with Crippen LogP contribution in [0.4, 0.5) is 0 Å². The Morgan fingerprint density at radius 1 is 1.33 bits per heavy atom. The van der Waals surface area contributed by atoms with Crippen LogP contribution in [0.3, 0.4) is 0 Å². The summed E-state index contributed by atoms with van der Waals surface area (Å²) in [5, 5.41) is 12.7. The second kappa shape index (κ2) is 3.46. The number of carbonyl (C=O) groups excluding carboxylic acids is 1. The SMILES string of the molecule is CC(C)(O)C(C)(C)NC(=O)C1(N)CCC1. The molecule has 0 unspecified atom stereocenters. The van der Waals surface area contributed by atoms with Gasteiger partial charge in [-0.3, -0.25) is 4.79 Å². The molecule has 4 heteroatoms. The minimum absolute atomic E-state index is 0.152. The molecular weight excluding hydrogens is 192 g/mol. The molecule has 0 atom stereocenters. The lowest BCUT2D eigenvalue weighted by Gasteiger charge is -2.43. The molecule has 0 radical (unpaired) electrons. The topological polar surface area (TPSA) is 75.3 Å². The molecule has 4 N–H and O–H groups in total. The van der Waals surface area contributed by atoms with Gasteiger partial charge in [0.2, 0.25) is 5.91 Å². The van der Waals surface area contributed by atoms with Crippen LogP contribution in [0, 0.1) is 0 Å².